The molecule has 0 unspecified atom stereocenters. The summed E-state index contributed by atoms with van der Waals surface area (Å²) in [6.45, 7) is 0. The number of hydrogen-bond donors (Lipinski definition) is 0. The average molecular weight is 169 g/mol. The first-order valence-corrected chi connectivity index (χ1v) is 3.27. The molecule has 0 spiro atoms. The summed E-state index contributed by atoms with van der Waals surface area (Å²) >= 11 is 0. The van der Waals surface area contributed by atoms with Gasteiger partial charge in [0.1, 0.15) is 0 Å². The fraction of sp³-hybridized carbons (Fsp3) is 0. The van der Waals surface area contributed by atoms with Crippen molar-refractivity contribution in [2.75, 3.05) is 0 Å². The number of carboxylic acids is 1. The van der Waals surface area contributed by atoms with Crippen LogP contribution in [0.25, 0.3) is 5.65 Å². The monoisotopic (exact) mass is 169 g/mol. The SMILES string of the molecule is O=C([O-])c1cncc2nccn12.[Li+]. The van der Waals surface area contributed by atoms with Gasteiger partial charge in [-0.25, -0.2) is 4.98 Å². The number of nitrogens with zero attached hydrogens (tertiary/aromatic N) is 3. The first kappa shape index (κ1) is 9.77. The molecule has 0 atom stereocenters. The Morgan fingerprint density at radius 3 is 2.92 bits per heavy atom. The van der Waals surface area contributed by atoms with Crippen molar-refractivity contribution < 1.29 is 28.8 Å². The molecule has 0 bridgehead atoms. The number of aromatic carboxylic acids is 1. The Balaban J connectivity index is 0.000000845. The fourth-order valence-electron chi connectivity index (χ4n) is 1.00. The van der Waals surface area contributed by atoms with Crippen molar-refractivity contribution >= 4 is 11.6 Å². The van der Waals surface area contributed by atoms with E-state index in [0.29, 0.717) is 5.65 Å². The molecule has 0 amide bonds. The van der Waals surface area contributed by atoms with Crippen LogP contribution in [0.4, 0.5) is 0 Å². The zero-order valence-corrected chi connectivity index (χ0v) is 6.97. The molecule has 0 fully saturated rings. The molecule has 5 nitrogen and oxygen atoms in total. The van der Waals surface area contributed by atoms with Gasteiger partial charge in [-0.3, -0.25) is 9.38 Å². The normalized spacial score (nSPS) is 9.54. The molecule has 0 radical (unpaired) electrons. The van der Waals surface area contributed by atoms with Crippen molar-refractivity contribution in [3.8, 4) is 0 Å². The van der Waals surface area contributed by atoms with Crippen LogP contribution in [-0.2, 0) is 0 Å². The maximum atomic E-state index is 10.5. The fourth-order valence-corrected chi connectivity index (χ4v) is 1.00. The summed E-state index contributed by atoms with van der Waals surface area (Å²) < 4.78 is 1.41. The summed E-state index contributed by atoms with van der Waals surface area (Å²) in [5.74, 6) is -1.26. The molecule has 0 aliphatic carbocycles. The molecule has 0 N–H and O–H groups in total. The van der Waals surface area contributed by atoms with Crippen molar-refractivity contribution in [1.29, 1.82) is 0 Å². The standard InChI is InChI=1S/C7H5N3O2.Li/c11-7(12)5-3-8-4-6-9-1-2-10(5)6;/h1-4H,(H,11,12);/q;+1/p-1. The van der Waals surface area contributed by atoms with Crippen LogP contribution in [0.2, 0.25) is 0 Å². The van der Waals surface area contributed by atoms with Crippen LogP contribution in [0.3, 0.4) is 0 Å². The first-order chi connectivity index (χ1) is 5.79. The van der Waals surface area contributed by atoms with Gasteiger partial charge >= 0.3 is 18.9 Å². The molecule has 60 valence electrons. The predicted octanol–water partition coefficient (Wildman–Crippen LogP) is -3.90. The first-order valence-electron chi connectivity index (χ1n) is 3.27. The van der Waals surface area contributed by atoms with E-state index in [2.05, 4.69) is 9.97 Å². The second kappa shape index (κ2) is 3.60. The number of rotatable bonds is 1. The predicted molar refractivity (Wildman–Crippen MR) is 37.3 cm³/mol. The van der Waals surface area contributed by atoms with Crippen molar-refractivity contribution in [3.63, 3.8) is 0 Å². The van der Waals surface area contributed by atoms with Crippen molar-refractivity contribution in [2.45, 2.75) is 0 Å². The molecular weight excluding hydrogens is 165 g/mol. The zero-order valence-electron chi connectivity index (χ0n) is 6.97. The van der Waals surface area contributed by atoms with E-state index in [1.807, 2.05) is 0 Å². The van der Waals surface area contributed by atoms with Gasteiger partial charge in [-0.1, -0.05) is 0 Å². The largest absolute Gasteiger partial charge is 1.00 e. The van der Waals surface area contributed by atoms with Crippen molar-refractivity contribution in [2.24, 2.45) is 0 Å². The average Bonchev–Trinajstić information content (AvgIpc) is 2.49. The summed E-state index contributed by atoms with van der Waals surface area (Å²) in [5, 5.41) is 10.5. The minimum Gasteiger partial charge on any atom is -0.543 e. The van der Waals surface area contributed by atoms with Crippen LogP contribution < -0.4 is 24.0 Å². The van der Waals surface area contributed by atoms with Gasteiger partial charge in [-0.05, 0) is 0 Å². The Labute approximate surface area is 85.6 Å². The number of carboxylic acid groups (broad SMARTS) is 1. The molecule has 2 aromatic heterocycles. The van der Waals surface area contributed by atoms with E-state index in [1.165, 1.54) is 23.0 Å². The van der Waals surface area contributed by atoms with Gasteiger partial charge in [0.2, 0.25) is 0 Å². The number of carbonyl (C=O) groups is 1. The van der Waals surface area contributed by atoms with Crippen LogP contribution in [0, 0.1) is 0 Å². The Kier molecular flexibility index (Phi) is 2.71. The van der Waals surface area contributed by atoms with Crippen LogP contribution >= 0.6 is 0 Å². The molecule has 0 saturated heterocycles. The van der Waals surface area contributed by atoms with Gasteiger partial charge in [0.25, 0.3) is 0 Å². The second-order valence-electron chi connectivity index (χ2n) is 2.24. The smallest absolute Gasteiger partial charge is 0.543 e. The molecule has 0 saturated carbocycles. The topological polar surface area (TPSA) is 70.3 Å². The van der Waals surface area contributed by atoms with Gasteiger partial charge in [0.15, 0.2) is 5.65 Å². The third-order valence-electron chi connectivity index (χ3n) is 1.52. The summed E-state index contributed by atoms with van der Waals surface area (Å²) in [4.78, 5) is 18.1. The van der Waals surface area contributed by atoms with E-state index in [9.17, 15) is 9.90 Å². The van der Waals surface area contributed by atoms with E-state index in [-0.39, 0.29) is 24.6 Å². The van der Waals surface area contributed by atoms with E-state index >= 15 is 0 Å². The van der Waals surface area contributed by atoms with Gasteiger partial charge in [0.05, 0.1) is 24.1 Å². The molecule has 2 heterocycles. The molecule has 13 heavy (non-hydrogen) atoms. The number of fused-ring (bicyclic) bond motifs is 1. The zero-order chi connectivity index (χ0) is 8.55. The number of aromatic nitrogens is 3. The van der Waals surface area contributed by atoms with Crippen molar-refractivity contribution in [1.82, 2.24) is 14.4 Å². The maximum Gasteiger partial charge on any atom is 1.00 e. The maximum absolute atomic E-state index is 10.5. The molecule has 6 heteroatoms. The minimum absolute atomic E-state index is 0. The van der Waals surface area contributed by atoms with Crippen LogP contribution in [0.1, 0.15) is 10.5 Å². The number of imidazole rings is 1. The van der Waals surface area contributed by atoms with Gasteiger partial charge in [-0.2, -0.15) is 0 Å². The summed E-state index contributed by atoms with van der Waals surface area (Å²) in [5.41, 5.74) is 0.502. The number of hydrogen-bond acceptors (Lipinski definition) is 4. The van der Waals surface area contributed by atoms with Crippen LogP contribution in [-0.4, -0.2) is 20.3 Å². The van der Waals surface area contributed by atoms with Crippen molar-refractivity contribution in [3.05, 3.63) is 30.5 Å². The summed E-state index contributed by atoms with van der Waals surface area (Å²) in [6, 6.07) is 0. The molecular formula is C7H4LiN3O2. The quantitative estimate of drug-likeness (QED) is 0.409. The molecule has 0 aliphatic rings. The third-order valence-corrected chi connectivity index (χ3v) is 1.52. The summed E-state index contributed by atoms with van der Waals surface area (Å²) in [7, 11) is 0. The van der Waals surface area contributed by atoms with Gasteiger partial charge in [-0.15, -0.1) is 0 Å². The minimum atomic E-state index is -1.26. The summed E-state index contributed by atoms with van der Waals surface area (Å²) in [6.07, 6.45) is 5.75. The molecule has 0 aliphatic heterocycles. The van der Waals surface area contributed by atoms with Gasteiger partial charge in [0, 0.05) is 12.4 Å². The second-order valence-corrected chi connectivity index (χ2v) is 2.24. The molecule has 0 aromatic carbocycles. The third kappa shape index (κ3) is 1.57. The van der Waals surface area contributed by atoms with E-state index in [4.69, 9.17) is 0 Å². The van der Waals surface area contributed by atoms with Gasteiger partial charge < -0.3 is 9.90 Å². The van der Waals surface area contributed by atoms with Crippen LogP contribution in [0.5, 0.6) is 0 Å². The molecule has 2 rings (SSSR count). The Morgan fingerprint density at radius 1 is 1.46 bits per heavy atom. The van der Waals surface area contributed by atoms with Crippen LogP contribution in [0.15, 0.2) is 24.8 Å². The Bertz CT molecular complexity index is 440. The van der Waals surface area contributed by atoms with E-state index < -0.39 is 5.97 Å². The van der Waals surface area contributed by atoms with E-state index in [0.717, 1.165) is 0 Å². The molecule has 2 aromatic rings. The number of carbonyl (C=O) groups excluding carboxylic acids is 1. The Morgan fingerprint density at radius 2 is 2.23 bits per heavy atom. The Hall–Kier alpha value is -1.31. The van der Waals surface area contributed by atoms with E-state index in [1.54, 1.807) is 6.20 Å².